The molecular weight excluding hydrogens is 486 g/mol. The zero-order chi connectivity index (χ0) is 25.7. The van der Waals surface area contributed by atoms with E-state index < -0.39 is 31.1 Å². The van der Waals surface area contributed by atoms with Crippen LogP contribution >= 0.6 is 0 Å². The normalized spacial score (nSPS) is 13.6. The fourth-order valence-electron chi connectivity index (χ4n) is 2.86. The summed E-state index contributed by atoms with van der Waals surface area (Å²) >= 11 is 0. The lowest BCUT2D eigenvalue weighted by Crippen LogP contribution is -2.50. The lowest BCUT2D eigenvalue weighted by atomic mass is 10.1. The Bertz CT molecular complexity index is 628. The number of alkyl halides is 6. The number of halogens is 6. The average Bonchev–Trinajstić information content (AvgIpc) is 2.65. The molecule has 0 bridgehead atoms. The monoisotopic (exact) mass is 522 g/mol. The molecule has 0 saturated carbocycles. The Labute approximate surface area is 188 Å². The van der Waals surface area contributed by atoms with E-state index in [9.17, 15) is 43.2 Å². The lowest BCUT2D eigenvalue weighted by Gasteiger charge is -2.39. The Hall–Kier alpha value is -0.600. The summed E-state index contributed by atoms with van der Waals surface area (Å²) in [5, 5.41) is 0. The van der Waals surface area contributed by atoms with Crippen molar-refractivity contribution >= 4 is 20.0 Å². The maximum atomic E-state index is 11.4. The van der Waals surface area contributed by atoms with Gasteiger partial charge in [0.2, 0.25) is 0 Å². The van der Waals surface area contributed by atoms with Crippen molar-refractivity contribution in [1.29, 1.82) is 0 Å². The van der Waals surface area contributed by atoms with Crippen LogP contribution in [0.4, 0.5) is 26.3 Å². The van der Waals surface area contributed by atoms with Crippen molar-refractivity contribution in [3.8, 4) is 0 Å². The lowest BCUT2D eigenvalue weighted by molar-refractivity contribution is -0.929. The van der Waals surface area contributed by atoms with Gasteiger partial charge in [-0.1, -0.05) is 53.4 Å². The summed E-state index contributed by atoms with van der Waals surface area (Å²) in [5.74, 6) is 0. The Kier molecular flexibility index (Phi) is 15.3. The molecule has 0 fully saturated rings. The molecule has 0 aliphatic carbocycles. The van der Waals surface area contributed by atoms with E-state index >= 15 is 0 Å². The molecule has 0 aromatic heterocycles. The van der Waals surface area contributed by atoms with Crippen molar-refractivity contribution < 1.29 is 47.7 Å². The summed E-state index contributed by atoms with van der Waals surface area (Å²) in [6.07, 6.45) is 11.1. The van der Waals surface area contributed by atoms with E-state index in [0.29, 0.717) is 0 Å². The van der Waals surface area contributed by atoms with E-state index in [4.69, 9.17) is 0 Å². The van der Waals surface area contributed by atoms with Crippen LogP contribution in [-0.4, -0.2) is 58.5 Å². The number of nitrogens with zero attached hydrogens (tertiary/aromatic N) is 2. The van der Waals surface area contributed by atoms with Crippen molar-refractivity contribution in [3.05, 3.63) is 4.13 Å². The molecule has 0 amide bonds. The van der Waals surface area contributed by atoms with Gasteiger partial charge < -0.3 is 8.61 Å². The van der Waals surface area contributed by atoms with E-state index in [-0.39, 0.29) is 0 Å². The van der Waals surface area contributed by atoms with E-state index in [1.165, 1.54) is 82.0 Å². The van der Waals surface area contributed by atoms with Gasteiger partial charge in [0, 0.05) is 0 Å². The van der Waals surface area contributed by atoms with Crippen molar-refractivity contribution in [1.82, 2.24) is 0 Å². The number of quaternary nitrogens is 1. The highest BCUT2D eigenvalue weighted by atomic mass is 32.3. The van der Waals surface area contributed by atoms with Crippen LogP contribution in [-0.2, 0) is 20.0 Å². The molecule has 196 valence electrons. The summed E-state index contributed by atoms with van der Waals surface area (Å²) in [5.41, 5.74) is -12.4. The van der Waals surface area contributed by atoms with Crippen LogP contribution in [0, 0.1) is 0 Å². The standard InChI is InChI=1S/C16H36N.C2F6NO4S2/c1-5-9-13-17(14-10-6-2,15-11-7-3)16-12-8-4;3-1(4,5)14(10,11)9-15(12,13)2(6,7)8/h5-16H2,1-4H3;/q+1;-1. The molecule has 0 aliphatic heterocycles. The molecule has 0 N–H and O–H groups in total. The molecule has 0 saturated heterocycles. The highest BCUT2D eigenvalue weighted by Crippen LogP contribution is 2.36. The molecule has 0 aromatic rings. The first-order chi connectivity index (χ1) is 14.4. The smallest absolute Gasteiger partial charge is 0.421 e. The van der Waals surface area contributed by atoms with Gasteiger partial charge in [0.05, 0.1) is 26.2 Å². The van der Waals surface area contributed by atoms with Gasteiger partial charge in [0.25, 0.3) is 0 Å². The van der Waals surface area contributed by atoms with Crippen molar-refractivity contribution in [2.75, 3.05) is 26.2 Å². The highest BCUT2D eigenvalue weighted by Gasteiger charge is 2.46. The highest BCUT2D eigenvalue weighted by molar-refractivity contribution is 8.13. The van der Waals surface area contributed by atoms with Crippen molar-refractivity contribution in [2.45, 2.75) is 90.1 Å². The SMILES string of the molecule is CCCC[N+](CCCC)(CCCC)CCCC.O=S(=O)([N-]S(=O)(=O)C(F)(F)F)C(F)(F)F. The molecule has 0 heterocycles. The molecule has 32 heavy (non-hydrogen) atoms. The fourth-order valence-corrected chi connectivity index (χ4v) is 4.57. The molecule has 14 heteroatoms. The van der Waals surface area contributed by atoms with Gasteiger partial charge in [-0.05, 0) is 25.7 Å². The second-order valence-corrected chi connectivity index (χ2v) is 11.0. The van der Waals surface area contributed by atoms with Gasteiger partial charge in [0.1, 0.15) is 0 Å². The average molecular weight is 523 g/mol. The molecule has 0 atom stereocenters. The van der Waals surface area contributed by atoms with E-state index in [1.54, 1.807) is 0 Å². The third-order valence-corrected chi connectivity index (χ3v) is 7.47. The van der Waals surface area contributed by atoms with Gasteiger partial charge in [0.15, 0.2) is 20.0 Å². The molecule has 6 nitrogen and oxygen atoms in total. The number of hydrogen-bond donors (Lipinski definition) is 0. The topological polar surface area (TPSA) is 82.4 Å². The Balaban J connectivity index is 0. The van der Waals surface area contributed by atoms with Crippen molar-refractivity contribution in [2.24, 2.45) is 0 Å². The molecule has 0 unspecified atom stereocenters. The quantitative estimate of drug-likeness (QED) is 0.205. The largest absolute Gasteiger partial charge is 0.480 e. The summed E-state index contributed by atoms with van der Waals surface area (Å²) < 4.78 is 111. The number of hydrogen-bond acceptors (Lipinski definition) is 4. The number of sulfonamides is 2. The number of unbranched alkanes of at least 4 members (excludes halogenated alkanes) is 4. The summed E-state index contributed by atoms with van der Waals surface area (Å²) in [6, 6.07) is 0. The van der Waals surface area contributed by atoms with E-state index in [0.717, 1.165) is 4.13 Å². The first kappa shape index (κ1) is 33.6. The molecular formula is C18H36F6N2O4S2. The van der Waals surface area contributed by atoms with Gasteiger partial charge in [-0.15, -0.1) is 0 Å². The maximum Gasteiger partial charge on any atom is 0.480 e. The van der Waals surface area contributed by atoms with Crippen LogP contribution in [0.5, 0.6) is 0 Å². The molecule has 0 aromatic carbocycles. The minimum atomic E-state index is -6.72. The first-order valence-electron chi connectivity index (χ1n) is 10.7. The second-order valence-electron chi connectivity index (χ2n) is 7.57. The maximum absolute atomic E-state index is 11.4. The third kappa shape index (κ3) is 12.6. The Morgan fingerprint density at radius 3 is 0.938 bits per heavy atom. The van der Waals surface area contributed by atoms with Crippen LogP contribution in [0.25, 0.3) is 4.13 Å². The summed E-state index contributed by atoms with van der Waals surface area (Å²) in [4.78, 5) is 0. The Morgan fingerprint density at radius 1 is 0.562 bits per heavy atom. The minimum Gasteiger partial charge on any atom is -0.421 e. The zero-order valence-electron chi connectivity index (χ0n) is 19.1. The molecule has 0 rings (SSSR count). The van der Waals surface area contributed by atoms with Crippen LogP contribution in [0.1, 0.15) is 79.1 Å². The van der Waals surface area contributed by atoms with Gasteiger partial charge in [-0.3, -0.25) is 0 Å². The predicted molar refractivity (Wildman–Crippen MR) is 113 cm³/mol. The summed E-state index contributed by atoms with van der Waals surface area (Å²) in [7, 11) is -13.4. The molecule has 0 radical (unpaired) electrons. The van der Waals surface area contributed by atoms with Crippen LogP contribution in [0.15, 0.2) is 0 Å². The van der Waals surface area contributed by atoms with Gasteiger partial charge in [-0.25, -0.2) is 16.8 Å². The van der Waals surface area contributed by atoms with Crippen LogP contribution < -0.4 is 0 Å². The van der Waals surface area contributed by atoms with E-state index in [2.05, 4.69) is 27.7 Å². The Morgan fingerprint density at radius 2 is 0.781 bits per heavy atom. The molecule has 0 spiro atoms. The predicted octanol–water partition coefficient (Wildman–Crippen LogP) is 6.06. The van der Waals surface area contributed by atoms with Gasteiger partial charge >= 0.3 is 11.0 Å². The van der Waals surface area contributed by atoms with E-state index in [1.807, 2.05) is 0 Å². The minimum absolute atomic E-state index is 0.778. The molecule has 0 aliphatic rings. The van der Waals surface area contributed by atoms with Crippen LogP contribution in [0.2, 0.25) is 0 Å². The van der Waals surface area contributed by atoms with Gasteiger partial charge in [-0.2, -0.15) is 26.3 Å². The third-order valence-electron chi connectivity index (χ3n) is 4.73. The summed E-state index contributed by atoms with van der Waals surface area (Å²) in [6.45, 7) is 15.0. The second kappa shape index (κ2) is 14.6. The zero-order valence-corrected chi connectivity index (χ0v) is 20.7. The number of rotatable bonds is 14. The fraction of sp³-hybridized carbons (Fsp3) is 1.00. The van der Waals surface area contributed by atoms with Crippen molar-refractivity contribution in [3.63, 3.8) is 0 Å². The van der Waals surface area contributed by atoms with Crippen LogP contribution in [0.3, 0.4) is 0 Å². The first-order valence-corrected chi connectivity index (χ1v) is 13.5.